The first-order valence-corrected chi connectivity index (χ1v) is 7.47. The van der Waals surface area contributed by atoms with E-state index in [1.165, 1.54) is 12.0 Å². The number of anilines is 1. The molecule has 0 radical (unpaired) electrons. The zero-order valence-corrected chi connectivity index (χ0v) is 13.5. The van der Waals surface area contributed by atoms with Gasteiger partial charge in [-0.1, -0.05) is 19.9 Å². The van der Waals surface area contributed by atoms with E-state index in [9.17, 15) is 14.4 Å². The van der Waals surface area contributed by atoms with Crippen LogP contribution in [0.5, 0.6) is 0 Å². The van der Waals surface area contributed by atoms with Crippen molar-refractivity contribution in [2.75, 3.05) is 32.1 Å². The molecule has 1 aliphatic heterocycles. The number of ether oxygens (including phenoxy) is 1. The molecular weight excluding hydrogens is 298 g/mol. The minimum atomic E-state index is -0.515. The lowest BCUT2D eigenvalue weighted by Crippen LogP contribution is -2.51. The molecule has 0 aromatic heterocycles. The van der Waals surface area contributed by atoms with E-state index in [2.05, 4.69) is 10.6 Å². The van der Waals surface area contributed by atoms with Gasteiger partial charge in [-0.25, -0.2) is 9.59 Å². The molecule has 1 aliphatic rings. The van der Waals surface area contributed by atoms with Crippen LogP contribution < -0.4 is 10.6 Å². The number of benzene rings is 1. The maximum Gasteiger partial charge on any atom is 0.339 e. The number of piperazine rings is 1. The Morgan fingerprint density at radius 2 is 2.09 bits per heavy atom. The third-order valence-corrected chi connectivity index (χ3v) is 3.68. The first-order chi connectivity index (χ1) is 10.9. The second-order valence-corrected chi connectivity index (χ2v) is 5.65. The van der Waals surface area contributed by atoms with Crippen LogP contribution in [0.1, 0.15) is 35.7 Å². The summed E-state index contributed by atoms with van der Waals surface area (Å²) in [6, 6.07) is 4.84. The number of hydrogen-bond donors (Lipinski definition) is 2. The van der Waals surface area contributed by atoms with Gasteiger partial charge < -0.3 is 20.3 Å². The molecule has 0 spiro atoms. The Morgan fingerprint density at radius 1 is 1.35 bits per heavy atom. The summed E-state index contributed by atoms with van der Waals surface area (Å²) >= 11 is 0. The lowest BCUT2D eigenvalue weighted by Gasteiger charge is -2.27. The normalized spacial score (nSPS) is 14.4. The third kappa shape index (κ3) is 4.00. The minimum absolute atomic E-state index is 0.00344. The summed E-state index contributed by atoms with van der Waals surface area (Å²) in [4.78, 5) is 37.0. The quantitative estimate of drug-likeness (QED) is 0.828. The lowest BCUT2D eigenvalue weighted by atomic mass is 9.99. The molecule has 124 valence electrons. The number of methoxy groups -OCH3 is 1. The van der Waals surface area contributed by atoms with Crippen LogP contribution in [0.25, 0.3) is 0 Å². The number of carbonyl (C=O) groups excluding carboxylic acids is 3. The van der Waals surface area contributed by atoms with Crippen molar-refractivity contribution in [3.63, 3.8) is 0 Å². The van der Waals surface area contributed by atoms with Crippen LogP contribution >= 0.6 is 0 Å². The van der Waals surface area contributed by atoms with Gasteiger partial charge in [-0.2, -0.15) is 0 Å². The van der Waals surface area contributed by atoms with Gasteiger partial charge in [0.15, 0.2) is 0 Å². The highest BCUT2D eigenvalue weighted by Gasteiger charge is 2.23. The molecule has 0 bridgehead atoms. The Hall–Kier alpha value is -2.57. The third-order valence-electron chi connectivity index (χ3n) is 3.68. The van der Waals surface area contributed by atoms with Gasteiger partial charge in [0.1, 0.15) is 6.54 Å². The van der Waals surface area contributed by atoms with Crippen molar-refractivity contribution in [3.05, 3.63) is 29.3 Å². The van der Waals surface area contributed by atoms with Gasteiger partial charge in [0.2, 0.25) is 5.91 Å². The summed E-state index contributed by atoms with van der Waals surface area (Å²) in [6.45, 7) is 4.88. The Balaban J connectivity index is 2.22. The van der Waals surface area contributed by atoms with Crippen LogP contribution in [-0.4, -0.2) is 49.6 Å². The Morgan fingerprint density at radius 3 is 2.70 bits per heavy atom. The number of rotatable bonds is 3. The number of amides is 3. The van der Waals surface area contributed by atoms with Crippen LogP contribution in [-0.2, 0) is 9.53 Å². The number of hydrogen-bond acceptors (Lipinski definition) is 4. The summed E-state index contributed by atoms with van der Waals surface area (Å²) in [5, 5.41) is 5.34. The van der Waals surface area contributed by atoms with E-state index in [4.69, 9.17) is 4.74 Å². The van der Waals surface area contributed by atoms with Gasteiger partial charge in [0, 0.05) is 13.1 Å². The molecule has 2 rings (SSSR count). The van der Waals surface area contributed by atoms with Gasteiger partial charge in [0.05, 0.1) is 18.4 Å². The SMILES string of the molecule is COC(=O)c1cc(C(C)C)ccc1NC(=O)N1CCNC(=O)C1. The highest BCUT2D eigenvalue weighted by Crippen LogP contribution is 2.23. The van der Waals surface area contributed by atoms with E-state index in [0.717, 1.165) is 5.56 Å². The molecule has 7 heteroatoms. The molecule has 2 N–H and O–H groups in total. The molecule has 0 atom stereocenters. The second kappa shape index (κ2) is 7.13. The average Bonchev–Trinajstić information content (AvgIpc) is 2.54. The van der Waals surface area contributed by atoms with Gasteiger partial charge in [-0.05, 0) is 23.6 Å². The van der Waals surface area contributed by atoms with Crippen molar-refractivity contribution in [2.45, 2.75) is 19.8 Å². The molecule has 23 heavy (non-hydrogen) atoms. The highest BCUT2D eigenvalue weighted by molar-refractivity contribution is 6.01. The van der Waals surface area contributed by atoms with E-state index in [-0.39, 0.29) is 18.4 Å². The van der Waals surface area contributed by atoms with Crippen LogP contribution in [0.15, 0.2) is 18.2 Å². The minimum Gasteiger partial charge on any atom is -0.465 e. The van der Waals surface area contributed by atoms with E-state index >= 15 is 0 Å². The van der Waals surface area contributed by atoms with Crippen LogP contribution in [0.4, 0.5) is 10.5 Å². The van der Waals surface area contributed by atoms with E-state index in [1.54, 1.807) is 12.1 Å². The van der Waals surface area contributed by atoms with E-state index in [1.807, 2.05) is 19.9 Å². The Kier molecular flexibility index (Phi) is 5.20. The summed E-state index contributed by atoms with van der Waals surface area (Å²) in [6.07, 6.45) is 0. The molecule has 1 fully saturated rings. The van der Waals surface area contributed by atoms with Crippen molar-refractivity contribution in [1.82, 2.24) is 10.2 Å². The van der Waals surface area contributed by atoms with Crippen molar-refractivity contribution in [3.8, 4) is 0 Å². The summed E-state index contributed by atoms with van der Waals surface area (Å²) < 4.78 is 4.79. The largest absolute Gasteiger partial charge is 0.465 e. The van der Waals surface area contributed by atoms with Crippen molar-refractivity contribution < 1.29 is 19.1 Å². The number of urea groups is 1. The molecule has 7 nitrogen and oxygen atoms in total. The topological polar surface area (TPSA) is 87.7 Å². The van der Waals surface area contributed by atoms with Gasteiger partial charge >= 0.3 is 12.0 Å². The number of carbonyl (C=O) groups is 3. The molecule has 1 aromatic rings. The molecule has 0 unspecified atom stereocenters. The Labute approximate surface area is 135 Å². The summed E-state index contributed by atoms with van der Waals surface area (Å²) in [7, 11) is 1.30. The Bertz CT molecular complexity index is 628. The summed E-state index contributed by atoms with van der Waals surface area (Å²) in [5.74, 6) is -0.470. The molecule has 0 aliphatic carbocycles. The van der Waals surface area contributed by atoms with Gasteiger partial charge in [0.25, 0.3) is 0 Å². The van der Waals surface area contributed by atoms with E-state index < -0.39 is 12.0 Å². The summed E-state index contributed by atoms with van der Waals surface area (Å²) in [5.41, 5.74) is 1.64. The van der Waals surface area contributed by atoms with Crippen molar-refractivity contribution in [1.29, 1.82) is 0 Å². The van der Waals surface area contributed by atoms with Gasteiger partial charge in [-0.15, -0.1) is 0 Å². The van der Waals surface area contributed by atoms with E-state index in [0.29, 0.717) is 24.3 Å². The smallest absolute Gasteiger partial charge is 0.339 e. The predicted octanol–water partition coefficient (Wildman–Crippen LogP) is 1.56. The molecule has 1 aromatic carbocycles. The van der Waals surface area contributed by atoms with Crippen molar-refractivity contribution in [2.24, 2.45) is 0 Å². The predicted molar refractivity (Wildman–Crippen MR) is 85.5 cm³/mol. The monoisotopic (exact) mass is 319 g/mol. The zero-order chi connectivity index (χ0) is 17.0. The fourth-order valence-electron chi connectivity index (χ4n) is 2.32. The molecule has 1 saturated heterocycles. The molecule has 1 heterocycles. The molecule has 0 saturated carbocycles. The van der Waals surface area contributed by atoms with Crippen LogP contribution in [0.3, 0.4) is 0 Å². The van der Waals surface area contributed by atoms with Crippen LogP contribution in [0, 0.1) is 0 Å². The number of nitrogens with one attached hydrogen (secondary N) is 2. The zero-order valence-electron chi connectivity index (χ0n) is 13.5. The second-order valence-electron chi connectivity index (χ2n) is 5.65. The lowest BCUT2D eigenvalue weighted by molar-refractivity contribution is -0.123. The molecular formula is C16H21N3O4. The first-order valence-electron chi connectivity index (χ1n) is 7.47. The standard InChI is InChI=1S/C16H21N3O4/c1-10(2)11-4-5-13(12(8-11)15(21)23-3)18-16(22)19-7-6-17-14(20)9-19/h4-5,8,10H,6-7,9H2,1-3H3,(H,17,20)(H,18,22). The highest BCUT2D eigenvalue weighted by atomic mass is 16.5. The number of esters is 1. The maximum atomic E-state index is 12.3. The van der Waals surface area contributed by atoms with Crippen molar-refractivity contribution >= 4 is 23.6 Å². The maximum absolute atomic E-state index is 12.3. The fourth-order valence-corrected chi connectivity index (χ4v) is 2.32. The van der Waals surface area contributed by atoms with Gasteiger partial charge in [-0.3, -0.25) is 4.79 Å². The number of nitrogens with zero attached hydrogens (tertiary/aromatic N) is 1. The fraction of sp³-hybridized carbons (Fsp3) is 0.438. The van der Waals surface area contributed by atoms with Crippen LogP contribution in [0.2, 0.25) is 0 Å². The average molecular weight is 319 g/mol. The first kappa shape index (κ1) is 16.8. The molecule has 3 amide bonds.